The zero-order valence-electron chi connectivity index (χ0n) is 12.0. The molecule has 1 heterocycles. The van der Waals surface area contributed by atoms with E-state index in [2.05, 4.69) is 4.98 Å². The fraction of sp³-hybridized carbons (Fsp3) is 0.357. The Bertz CT molecular complexity index is 711. The first-order chi connectivity index (χ1) is 9.92. The smallest absolute Gasteiger partial charge is 0.218 e. The lowest BCUT2D eigenvalue weighted by atomic mass is 10.1. The number of thiazole rings is 1. The van der Waals surface area contributed by atoms with Crippen LogP contribution in [0.4, 0.5) is 0 Å². The SMILES string of the molecule is Cc1ncsc1CN(C)S(=O)(=O)Cc1cccc(CO)c1. The van der Waals surface area contributed by atoms with Gasteiger partial charge >= 0.3 is 0 Å². The summed E-state index contributed by atoms with van der Waals surface area (Å²) in [6.07, 6.45) is 0. The van der Waals surface area contributed by atoms with Crippen LogP contribution in [0.5, 0.6) is 0 Å². The minimum absolute atomic E-state index is 0.0742. The van der Waals surface area contributed by atoms with Crippen molar-refractivity contribution in [3.8, 4) is 0 Å². The van der Waals surface area contributed by atoms with Gasteiger partial charge in [-0.25, -0.2) is 13.4 Å². The Kier molecular flexibility index (Phi) is 5.10. The van der Waals surface area contributed by atoms with Gasteiger partial charge in [0.1, 0.15) is 0 Å². The molecule has 0 aliphatic heterocycles. The van der Waals surface area contributed by atoms with Crippen molar-refractivity contribution in [3.63, 3.8) is 0 Å². The summed E-state index contributed by atoms with van der Waals surface area (Å²) < 4.78 is 26.1. The second kappa shape index (κ2) is 6.65. The highest BCUT2D eigenvalue weighted by atomic mass is 32.2. The van der Waals surface area contributed by atoms with Crippen LogP contribution in [-0.2, 0) is 28.9 Å². The predicted molar refractivity (Wildman–Crippen MR) is 83.3 cm³/mol. The summed E-state index contributed by atoms with van der Waals surface area (Å²) in [5.41, 5.74) is 3.97. The largest absolute Gasteiger partial charge is 0.392 e. The molecule has 0 aliphatic rings. The monoisotopic (exact) mass is 326 g/mol. The summed E-state index contributed by atoms with van der Waals surface area (Å²) in [6.45, 7) is 2.11. The second-order valence-electron chi connectivity index (χ2n) is 4.85. The molecule has 1 N–H and O–H groups in total. The van der Waals surface area contributed by atoms with E-state index in [0.29, 0.717) is 17.7 Å². The Labute approximate surface area is 128 Å². The van der Waals surface area contributed by atoms with Crippen LogP contribution in [0.2, 0.25) is 0 Å². The first-order valence-corrected chi connectivity index (χ1v) is 8.93. The van der Waals surface area contributed by atoms with E-state index in [-0.39, 0.29) is 12.4 Å². The topological polar surface area (TPSA) is 70.5 Å². The van der Waals surface area contributed by atoms with Crippen LogP contribution >= 0.6 is 11.3 Å². The molecule has 7 heteroatoms. The molecule has 21 heavy (non-hydrogen) atoms. The zero-order chi connectivity index (χ0) is 15.5. The van der Waals surface area contributed by atoms with Gasteiger partial charge in [-0.2, -0.15) is 4.31 Å². The molecular weight excluding hydrogens is 308 g/mol. The first kappa shape index (κ1) is 16.1. The Hall–Kier alpha value is -1.28. The molecule has 5 nitrogen and oxygen atoms in total. The highest BCUT2D eigenvalue weighted by Crippen LogP contribution is 2.18. The average molecular weight is 326 g/mol. The lowest BCUT2D eigenvalue weighted by Crippen LogP contribution is -2.27. The van der Waals surface area contributed by atoms with Crippen molar-refractivity contribution in [1.82, 2.24) is 9.29 Å². The number of aliphatic hydroxyl groups excluding tert-OH is 1. The van der Waals surface area contributed by atoms with Crippen LogP contribution in [0.3, 0.4) is 0 Å². The molecular formula is C14H18N2O3S2. The van der Waals surface area contributed by atoms with Gasteiger partial charge in [-0.15, -0.1) is 11.3 Å². The fourth-order valence-electron chi connectivity index (χ4n) is 1.92. The molecule has 0 aliphatic carbocycles. The van der Waals surface area contributed by atoms with Gasteiger partial charge in [0.25, 0.3) is 0 Å². The molecule has 114 valence electrons. The van der Waals surface area contributed by atoms with Gasteiger partial charge in [0, 0.05) is 18.5 Å². The third kappa shape index (κ3) is 4.10. The lowest BCUT2D eigenvalue weighted by molar-refractivity contribution is 0.281. The van der Waals surface area contributed by atoms with E-state index in [9.17, 15) is 8.42 Å². The molecule has 0 bridgehead atoms. The highest BCUT2D eigenvalue weighted by Gasteiger charge is 2.20. The standard InChI is InChI=1S/C14H18N2O3S2/c1-11-14(20-10-15-11)7-16(2)21(18,19)9-13-5-3-4-12(6-13)8-17/h3-6,10,17H,7-9H2,1-2H3. The van der Waals surface area contributed by atoms with Crippen molar-refractivity contribution in [2.45, 2.75) is 25.8 Å². The van der Waals surface area contributed by atoms with Crippen molar-refractivity contribution in [2.24, 2.45) is 0 Å². The first-order valence-electron chi connectivity index (χ1n) is 6.44. The number of aliphatic hydroxyl groups is 1. The van der Waals surface area contributed by atoms with Crippen molar-refractivity contribution in [2.75, 3.05) is 7.05 Å². The van der Waals surface area contributed by atoms with Crippen LogP contribution in [-0.4, -0.2) is 29.9 Å². The molecule has 0 unspecified atom stereocenters. The summed E-state index contributed by atoms with van der Waals surface area (Å²) in [4.78, 5) is 5.08. The van der Waals surface area contributed by atoms with Crippen molar-refractivity contribution in [1.29, 1.82) is 0 Å². The normalized spacial score (nSPS) is 12.0. The van der Waals surface area contributed by atoms with Crippen molar-refractivity contribution in [3.05, 3.63) is 51.5 Å². The maximum absolute atomic E-state index is 12.4. The minimum Gasteiger partial charge on any atom is -0.392 e. The predicted octanol–water partition coefficient (Wildman–Crippen LogP) is 1.91. The molecule has 0 saturated heterocycles. The molecule has 0 fully saturated rings. The molecule has 0 amide bonds. The number of benzene rings is 1. The fourth-order valence-corrected chi connectivity index (χ4v) is 3.98. The van der Waals surface area contributed by atoms with E-state index >= 15 is 0 Å². The Balaban J connectivity index is 2.12. The second-order valence-corrected chi connectivity index (χ2v) is 7.87. The maximum Gasteiger partial charge on any atom is 0.218 e. The van der Waals surface area contributed by atoms with Crippen molar-refractivity contribution < 1.29 is 13.5 Å². The van der Waals surface area contributed by atoms with Gasteiger partial charge in [0.05, 0.1) is 23.6 Å². The van der Waals surface area contributed by atoms with E-state index < -0.39 is 10.0 Å². The molecule has 2 aromatic rings. The van der Waals surface area contributed by atoms with E-state index in [4.69, 9.17) is 5.11 Å². The molecule has 0 spiro atoms. The van der Waals surface area contributed by atoms with Gasteiger partial charge in [0.2, 0.25) is 10.0 Å². The van der Waals surface area contributed by atoms with Crippen LogP contribution in [0.15, 0.2) is 29.8 Å². The Morgan fingerprint density at radius 2 is 2.05 bits per heavy atom. The molecule has 0 saturated carbocycles. The molecule has 1 aromatic carbocycles. The molecule has 0 atom stereocenters. The highest BCUT2D eigenvalue weighted by molar-refractivity contribution is 7.88. The van der Waals surface area contributed by atoms with Crippen LogP contribution in [0.25, 0.3) is 0 Å². The van der Waals surface area contributed by atoms with Crippen LogP contribution in [0, 0.1) is 6.92 Å². The number of hydrogen-bond donors (Lipinski definition) is 1. The molecule has 1 aromatic heterocycles. The summed E-state index contributed by atoms with van der Waals surface area (Å²) in [6, 6.07) is 6.98. The maximum atomic E-state index is 12.4. The zero-order valence-corrected chi connectivity index (χ0v) is 13.6. The van der Waals surface area contributed by atoms with E-state index in [1.165, 1.54) is 15.6 Å². The van der Waals surface area contributed by atoms with E-state index in [1.807, 2.05) is 6.92 Å². The number of rotatable bonds is 6. The van der Waals surface area contributed by atoms with Gasteiger partial charge in [-0.05, 0) is 18.1 Å². The number of aryl methyl sites for hydroxylation is 1. The molecule has 2 rings (SSSR count). The lowest BCUT2D eigenvalue weighted by Gasteiger charge is -2.17. The minimum atomic E-state index is -3.40. The molecule has 0 radical (unpaired) electrons. The summed E-state index contributed by atoms with van der Waals surface area (Å²) in [5.74, 6) is -0.0742. The van der Waals surface area contributed by atoms with Gasteiger partial charge in [-0.3, -0.25) is 0 Å². The Morgan fingerprint density at radius 1 is 1.33 bits per heavy atom. The summed E-state index contributed by atoms with van der Waals surface area (Å²) in [7, 11) is -1.83. The summed E-state index contributed by atoms with van der Waals surface area (Å²) >= 11 is 1.46. The van der Waals surface area contributed by atoms with Gasteiger partial charge in [0.15, 0.2) is 0 Å². The van der Waals surface area contributed by atoms with Crippen LogP contribution in [0.1, 0.15) is 21.7 Å². The van der Waals surface area contributed by atoms with E-state index in [1.54, 1.807) is 36.8 Å². The van der Waals surface area contributed by atoms with Crippen molar-refractivity contribution >= 4 is 21.4 Å². The number of nitrogens with zero attached hydrogens (tertiary/aromatic N) is 2. The quantitative estimate of drug-likeness (QED) is 0.880. The number of sulfonamides is 1. The third-order valence-corrected chi connectivity index (χ3v) is 5.91. The number of hydrogen-bond acceptors (Lipinski definition) is 5. The van der Waals surface area contributed by atoms with Gasteiger partial charge in [-0.1, -0.05) is 24.3 Å². The van der Waals surface area contributed by atoms with Gasteiger partial charge < -0.3 is 5.11 Å². The summed E-state index contributed by atoms with van der Waals surface area (Å²) in [5, 5.41) is 9.11. The third-order valence-electron chi connectivity index (χ3n) is 3.21. The van der Waals surface area contributed by atoms with Crippen LogP contribution < -0.4 is 0 Å². The average Bonchev–Trinajstić information content (AvgIpc) is 2.84. The Morgan fingerprint density at radius 3 is 2.67 bits per heavy atom. The number of aromatic nitrogens is 1. The van der Waals surface area contributed by atoms with E-state index in [0.717, 1.165) is 10.6 Å².